The molecule has 0 unspecified atom stereocenters. The summed E-state index contributed by atoms with van der Waals surface area (Å²) < 4.78 is 38.0. The first-order chi connectivity index (χ1) is 7.34. The summed E-state index contributed by atoms with van der Waals surface area (Å²) in [7, 11) is -4.18. The Bertz CT molecular complexity index is 500. The number of nitrogens with one attached hydrogen (secondary N) is 1. The lowest BCUT2D eigenvalue weighted by Gasteiger charge is -2.14. The first-order valence-electron chi connectivity index (χ1n) is 4.32. The van der Waals surface area contributed by atoms with Gasteiger partial charge in [-0.1, -0.05) is 12.1 Å². The molecule has 0 saturated carbocycles. The molecule has 0 saturated heterocycles. The zero-order chi connectivity index (χ0) is 12.3. The van der Waals surface area contributed by atoms with Gasteiger partial charge in [0.15, 0.2) is 0 Å². The van der Waals surface area contributed by atoms with E-state index in [0.29, 0.717) is 0 Å². The van der Waals surface area contributed by atoms with Crippen LogP contribution in [-0.4, -0.2) is 20.4 Å². The number of carboxylic acid groups (broad SMARTS) is 1. The molecule has 88 valence electrons. The van der Waals surface area contributed by atoms with Gasteiger partial charge in [-0.05, 0) is 19.1 Å². The molecule has 1 rings (SSSR count). The lowest BCUT2D eigenvalue weighted by molar-refractivity contribution is -0.307. The zero-order valence-electron chi connectivity index (χ0n) is 8.31. The third kappa shape index (κ3) is 2.77. The third-order valence-electron chi connectivity index (χ3n) is 1.81. The Morgan fingerprint density at radius 3 is 2.50 bits per heavy atom. The Labute approximate surface area is 92.0 Å². The van der Waals surface area contributed by atoms with Crippen LogP contribution >= 0.6 is 0 Å². The topological polar surface area (TPSA) is 86.3 Å². The predicted octanol–water partition coefficient (Wildman–Crippen LogP) is -0.758. The van der Waals surface area contributed by atoms with E-state index in [9.17, 15) is 22.7 Å². The molecule has 0 fully saturated rings. The minimum absolute atomic E-state index is 0.594. The van der Waals surface area contributed by atoms with Crippen molar-refractivity contribution in [3.05, 3.63) is 30.1 Å². The molecule has 0 aliphatic carbocycles. The summed E-state index contributed by atoms with van der Waals surface area (Å²) in [6.45, 7) is 1.09. The normalized spacial score (nSPS) is 13.4. The van der Waals surface area contributed by atoms with E-state index in [0.717, 1.165) is 19.1 Å². The van der Waals surface area contributed by atoms with Crippen molar-refractivity contribution in [1.29, 1.82) is 0 Å². The molecule has 0 amide bonds. The second kappa shape index (κ2) is 4.58. The maximum atomic E-state index is 13.2. The molecule has 0 aromatic heterocycles. The van der Waals surface area contributed by atoms with Gasteiger partial charge in [-0.25, -0.2) is 17.5 Å². The molecule has 0 aliphatic rings. The maximum Gasteiger partial charge on any atom is 0.244 e. The van der Waals surface area contributed by atoms with Crippen LogP contribution in [0, 0.1) is 5.82 Å². The van der Waals surface area contributed by atoms with Crippen molar-refractivity contribution in [2.45, 2.75) is 17.9 Å². The lowest BCUT2D eigenvalue weighted by atomic mass is 10.3. The minimum atomic E-state index is -4.18. The number of hydrogen-bond donors (Lipinski definition) is 1. The van der Waals surface area contributed by atoms with Crippen molar-refractivity contribution in [1.82, 2.24) is 4.72 Å². The van der Waals surface area contributed by atoms with E-state index in [-0.39, 0.29) is 0 Å². The number of carbonyl (C=O) groups excluding carboxylic acids is 1. The van der Waals surface area contributed by atoms with Gasteiger partial charge >= 0.3 is 0 Å². The number of rotatable bonds is 4. The molecule has 1 aromatic rings. The maximum absolute atomic E-state index is 13.2. The van der Waals surface area contributed by atoms with Crippen molar-refractivity contribution in [3.63, 3.8) is 0 Å². The van der Waals surface area contributed by atoms with Gasteiger partial charge in [-0.2, -0.15) is 0 Å². The summed E-state index contributed by atoms with van der Waals surface area (Å²) in [6.07, 6.45) is 0. The monoisotopic (exact) mass is 246 g/mol. The third-order valence-corrected chi connectivity index (χ3v) is 3.39. The van der Waals surface area contributed by atoms with Crippen LogP contribution in [0.3, 0.4) is 0 Å². The van der Waals surface area contributed by atoms with Gasteiger partial charge in [-0.15, -0.1) is 0 Å². The summed E-state index contributed by atoms with van der Waals surface area (Å²) >= 11 is 0. The highest BCUT2D eigenvalue weighted by Gasteiger charge is 2.20. The van der Waals surface area contributed by atoms with E-state index in [2.05, 4.69) is 0 Å². The number of carbonyl (C=O) groups is 1. The van der Waals surface area contributed by atoms with Crippen molar-refractivity contribution in [2.75, 3.05) is 0 Å². The van der Waals surface area contributed by atoms with E-state index >= 15 is 0 Å². The average molecular weight is 246 g/mol. The fourth-order valence-electron chi connectivity index (χ4n) is 1.01. The van der Waals surface area contributed by atoms with Crippen LogP contribution in [0.1, 0.15) is 6.92 Å². The number of aliphatic carboxylic acids is 1. The SMILES string of the molecule is C[C@H](NS(=O)(=O)c1ccccc1F)C(=O)[O-]. The summed E-state index contributed by atoms with van der Waals surface area (Å²) in [4.78, 5) is 9.77. The van der Waals surface area contributed by atoms with E-state index in [1.165, 1.54) is 12.1 Å². The Hall–Kier alpha value is -1.47. The molecule has 1 aromatic carbocycles. The number of sulfonamides is 1. The number of carboxylic acids is 1. The summed E-state index contributed by atoms with van der Waals surface area (Å²) in [5, 5.41) is 10.4. The van der Waals surface area contributed by atoms with Gasteiger partial charge in [-0.3, -0.25) is 0 Å². The number of halogens is 1. The summed E-state index contributed by atoms with van der Waals surface area (Å²) in [6, 6.07) is 3.25. The van der Waals surface area contributed by atoms with Crippen LogP contribution in [0.5, 0.6) is 0 Å². The summed E-state index contributed by atoms with van der Waals surface area (Å²) in [5.41, 5.74) is 0. The van der Waals surface area contributed by atoms with E-state index in [1.807, 2.05) is 0 Å². The van der Waals surface area contributed by atoms with Gasteiger partial charge < -0.3 is 9.90 Å². The number of benzene rings is 1. The Balaban J connectivity index is 3.04. The van der Waals surface area contributed by atoms with E-state index in [4.69, 9.17) is 0 Å². The second-order valence-corrected chi connectivity index (χ2v) is 4.77. The molecule has 5 nitrogen and oxygen atoms in total. The highest BCUT2D eigenvalue weighted by molar-refractivity contribution is 7.89. The predicted molar refractivity (Wildman–Crippen MR) is 51.2 cm³/mol. The van der Waals surface area contributed by atoms with Crippen LogP contribution in [0.25, 0.3) is 0 Å². The van der Waals surface area contributed by atoms with Crippen LogP contribution < -0.4 is 9.83 Å². The molecule has 0 heterocycles. The quantitative estimate of drug-likeness (QED) is 0.756. The van der Waals surface area contributed by atoms with Crippen LogP contribution in [0.4, 0.5) is 4.39 Å². The Morgan fingerprint density at radius 2 is 2.00 bits per heavy atom. The van der Waals surface area contributed by atoms with Gasteiger partial charge in [0.25, 0.3) is 0 Å². The van der Waals surface area contributed by atoms with E-state index in [1.54, 1.807) is 4.72 Å². The van der Waals surface area contributed by atoms with Crippen molar-refractivity contribution >= 4 is 16.0 Å². The second-order valence-electron chi connectivity index (χ2n) is 3.09. The molecule has 0 spiro atoms. The van der Waals surface area contributed by atoms with Crippen LogP contribution in [0.15, 0.2) is 29.2 Å². The Morgan fingerprint density at radius 1 is 1.44 bits per heavy atom. The van der Waals surface area contributed by atoms with Gasteiger partial charge in [0.2, 0.25) is 10.0 Å². The summed E-state index contributed by atoms with van der Waals surface area (Å²) in [5.74, 6) is -2.53. The standard InChI is InChI=1S/C9H10FNO4S/c1-6(9(12)13)11-16(14,15)8-5-3-2-4-7(8)10/h2-6,11H,1H3,(H,12,13)/p-1/t6-/m0/s1. The van der Waals surface area contributed by atoms with Gasteiger partial charge in [0.05, 0.1) is 12.0 Å². The molecule has 0 radical (unpaired) electrons. The van der Waals surface area contributed by atoms with E-state index < -0.39 is 32.7 Å². The lowest BCUT2D eigenvalue weighted by Crippen LogP contribution is -2.45. The molecule has 7 heteroatoms. The van der Waals surface area contributed by atoms with Crippen molar-refractivity contribution in [2.24, 2.45) is 0 Å². The molecule has 1 atom stereocenters. The smallest absolute Gasteiger partial charge is 0.244 e. The van der Waals surface area contributed by atoms with Crippen LogP contribution in [0.2, 0.25) is 0 Å². The molecule has 0 aliphatic heterocycles. The van der Waals surface area contributed by atoms with Crippen LogP contribution in [-0.2, 0) is 14.8 Å². The number of hydrogen-bond acceptors (Lipinski definition) is 4. The highest BCUT2D eigenvalue weighted by Crippen LogP contribution is 2.13. The molecule has 16 heavy (non-hydrogen) atoms. The van der Waals surface area contributed by atoms with Crippen molar-refractivity contribution < 1.29 is 22.7 Å². The average Bonchev–Trinajstić information content (AvgIpc) is 2.17. The molecular weight excluding hydrogens is 237 g/mol. The van der Waals surface area contributed by atoms with Gasteiger partial charge in [0.1, 0.15) is 10.7 Å². The molecular formula is C9H9FNO4S-. The largest absolute Gasteiger partial charge is 0.548 e. The highest BCUT2D eigenvalue weighted by atomic mass is 32.2. The fourth-order valence-corrected chi connectivity index (χ4v) is 2.28. The zero-order valence-corrected chi connectivity index (χ0v) is 9.12. The first-order valence-corrected chi connectivity index (χ1v) is 5.80. The Kier molecular flexibility index (Phi) is 3.61. The molecule has 0 bridgehead atoms. The first kappa shape index (κ1) is 12.6. The van der Waals surface area contributed by atoms with Crippen molar-refractivity contribution in [3.8, 4) is 0 Å². The molecule has 1 N–H and O–H groups in total. The minimum Gasteiger partial charge on any atom is -0.548 e. The fraction of sp³-hybridized carbons (Fsp3) is 0.222. The van der Waals surface area contributed by atoms with Gasteiger partial charge in [0, 0.05) is 0 Å².